The Hall–Kier alpha value is -1.35. The molecule has 0 N–H and O–H groups in total. The lowest BCUT2D eigenvalue weighted by atomic mass is 10.0. The van der Waals surface area contributed by atoms with E-state index < -0.39 is 0 Å². The van der Waals surface area contributed by atoms with Crippen LogP contribution in [0.2, 0.25) is 0 Å². The van der Waals surface area contributed by atoms with Crippen molar-refractivity contribution >= 4 is 5.91 Å². The summed E-state index contributed by atoms with van der Waals surface area (Å²) in [6.07, 6.45) is 0. The van der Waals surface area contributed by atoms with Crippen LogP contribution in [0.15, 0.2) is 24.3 Å². The van der Waals surface area contributed by atoms with E-state index in [2.05, 4.69) is 43.0 Å². The van der Waals surface area contributed by atoms with E-state index >= 15 is 0 Å². The van der Waals surface area contributed by atoms with E-state index in [9.17, 15) is 4.79 Å². The van der Waals surface area contributed by atoms with Gasteiger partial charge in [-0.25, -0.2) is 0 Å². The van der Waals surface area contributed by atoms with Crippen LogP contribution in [0, 0.1) is 5.92 Å². The van der Waals surface area contributed by atoms with Crippen LogP contribution in [0.5, 0.6) is 0 Å². The number of piperazine rings is 1. The molecule has 1 heterocycles. The second-order valence-electron chi connectivity index (χ2n) is 6.65. The SMILES string of the molecule is CC(C)C(=O)N1CCN(Cc2ccc(C(C)C)cc2)CC1. The van der Waals surface area contributed by atoms with E-state index in [0.29, 0.717) is 5.92 Å². The summed E-state index contributed by atoms with van der Waals surface area (Å²) in [6.45, 7) is 13.1. The highest BCUT2D eigenvalue weighted by Gasteiger charge is 2.22. The van der Waals surface area contributed by atoms with Gasteiger partial charge in [0, 0.05) is 38.6 Å². The number of carbonyl (C=O) groups is 1. The van der Waals surface area contributed by atoms with E-state index in [1.165, 1.54) is 11.1 Å². The monoisotopic (exact) mass is 288 g/mol. The first-order valence-electron chi connectivity index (χ1n) is 8.07. The van der Waals surface area contributed by atoms with Crippen molar-refractivity contribution in [1.29, 1.82) is 0 Å². The smallest absolute Gasteiger partial charge is 0.225 e. The number of carbonyl (C=O) groups excluding carboxylic acids is 1. The molecule has 3 nitrogen and oxygen atoms in total. The number of hydrogen-bond acceptors (Lipinski definition) is 2. The molecule has 3 heteroatoms. The van der Waals surface area contributed by atoms with Crippen LogP contribution in [0.4, 0.5) is 0 Å². The summed E-state index contributed by atoms with van der Waals surface area (Å²) in [6, 6.07) is 8.94. The highest BCUT2D eigenvalue weighted by Crippen LogP contribution is 2.16. The van der Waals surface area contributed by atoms with Crippen molar-refractivity contribution in [3.8, 4) is 0 Å². The van der Waals surface area contributed by atoms with Gasteiger partial charge in [0.1, 0.15) is 0 Å². The molecule has 0 saturated carbocycles. The summed E-state index contributed by atoms with van der Waals surface area (Å²) in [5, 5.41) is 0. The van der Waals surface area contributed by atoms with E-state index in [0.717, 1.165) is 32.7 Å². The summed E-state index contributed by atoms with van der Waals surface area (Å²) < 4.78 is 0. The van der Waals surface area contributed by atoms with Gasteiger partial charge in [-0.05, 0) is 17.0 Å². The molecule has 1 saturated heterocycles. The predicted molar refractivity (Wildman–Crippen MR) is 87.2 cm³/mol. The molecule has 0 radical (unpaired) electrons. The average molecular weight is 288 g/mol. The molecule has 0 unspecified atom stereocenters. The maximum absolute atomic E-state index is 12.0. The second kappa shape index (κ2) is 7.08. The van der Waals surface area contributed by atoms with Crippen molar-refractivity contribution in [2.75, 3.05) is 26.2 Å². The molecule has 0 spiro atoms. The number of hydrogen-bond donors (Lipinski definition) is 0. The second-order valence-corrected chi connectivity index (χ2v) is 6.65. The largest absolute Gasteiger partial charge is 0.340 e. The van der Waals surface area contributed by atoms with Crippen molar-refractivity contribution in [2.45, 2.75) is 40.2 Å². The Morgan fingerprint density at radius 3 is 2.05 bits per heavy atom. The van der Waals surface area contributed by atoms with E-state index in [1.807, 2.05) is 18.7 Å². The molecule has 1 fully saturated rings. The Balaban J connectivity index is 1.84. The quantitative estimate of drug-likeness (QED) is 0.850. The fraction of sp³-hybridized carbons (Fsp3) is 0.611. The lowest BCUT2D eigenvalue weighted by Gasteiger charge is -2.35. The van der Waals surface area contributed by atoms with E-state index in [1.54, 1.807) is 0 Å². The number of rotatable bonds is 4. The van der Waals surface area contributed by atoms with Crippen molar-refractivity contribution in [3.63, 3.8) is 0 Å². The Bertz CT molecular complexity index is 457. The van der Waals surface area contributed by atoms with E-state index in [-0.39, 0.29) is 11.8 Å². The summed E-state index contributed by atoms with van der Waals surface area (Å²) in [4.78, 5) is 16.4. The minimum absolute atomic E-state index is 0.111. The van der Waals surface area contributed by atoms with Gasteiger partial charge in [0.2, 0.25) is 5.91 Å². The van der Waals surface area contributed by atoms with Gasteiger partial charge in [0.05, 0.1) is 0 Å². The Morgan fingerprint density at radius 1 is 1.00 bits per heavy atom. The van der Waals surface area contributed by atoms with Gasteiger partial charge < -0.3 is 4.90 Å². The summed E-state index contributed by atoms with van der Waals surface area (Å²) >= 11 is 0. The molecule has 0 aliphatic carbocycles. The molecular formula is C18H28N2O. The van der Waals surface area contributed by atoms with Gasteiger partial charge >= 0.3 is 0 Å². The molecule has 0 bridgehead atoms. The molecule has 21 heavy (non-hydrogen) atoms. The lowest BCUT2D eigenvalue weighted by Crippen LogP contribution is -2.49. The van der Waals surface area contributed by atoms with Crippen LogP contribution in [0.25, 0.3) is 0 Å². The van der Waals surface area contributed by atoms with Gasteiger partial charge in [-0.2, -0.15) is 0 Å². The third kappa shape index (κ3) is 4.31. The van der Waals surface area contributed by atoms with Crippen LogP contribution in [0.1, 0.15) is 44.7 Å². The average Bonchev–Trinajstić information content (AvgIpc) is 2.47. The third-order valence-corrected chi connectivity index (χ3v) is 4.23. The fourth-order valence-corrected chi connectivity index (χ4v) is 2.76. The van der Waals surface area contributed by atoms with Crippen molar-refractivity contribution < 1.29 is 4.79 Å². The van der Waals surface area contributed by atoms with Crippen LogP contribution in [-0.2, 0) is 11.3 Å². The van der Waals surface area contributed by atoms with Gasteiger partial charge in [-0.15, -0.1) is 0 Å². The van der Waals surface area contributed by atoms with Crippen LogP contribution < -0.4 is 0 Å². The summed E-state index contributed by atoms with van der Waals surface area (Å²) in [5.74, 6) is 0.987. The Labute approximate surface area is 128 Å². The first-order chi connectivity index (χ1) is 9.97. The number of amides is 1. The molecule has 1 aromatic rings. The predicted octanol–water partition coefficient (Wildman–Crippen LogP) is 3.11. The molecule has 0 atom stereocenters. The molecule has 0 aromatic heterocycles. The minimum Gasteiger partial charge on any atom is -0.340 e. The Kier molecular flexibility index (Phi) is 5.40. The van der Waals surface area contributed by atoms with E-state index in [4.69, 9.17) is 0 Å². The molecule has 2 rings (SSSR count). The highest BCUT2D eigenvalue weighted by molar-refractivity contribution is 5.78. The van der Waals surface area contributed by atoms with Crippen LogP contribution in [-0.4, -0.2) is 41.9 Å². The maximum Gasteiger partial charge on any atom is 0.225 e. The summed E-state index contributed by atoms with van der Waals surface area (Å²) in [5.41, 5.74) is 2.76. The first-order valence-corrected chi connectivity index (χ1v) is 8.07. The molecular weight excluding hydrogens is 260 g/mol. The lowest BCUT2D eigenvalue weighted by molar-refractivity contribution is -0.136. The normalized spacial score (nSPS) is 16.8. The van der Waals surface area contributed by atoms with Crippen molar-refractivity contribution in [3.05, 3.63) is 35.4 Å². The van der Waals surface area contributed by atoms with Crippen molar-refractivity contribution in [2.24, 2.45) is 5.92 Å². The number of nitrogens with zero attached hydrogens (tertiary/aromatic N) is 2. The minimum atomic E-state index is 0.111. The highest BCUT2D eigenvalue weighted by atomic mass is 16.2. The fourth-order valence-electron chi connectivity index (χ4n) is 2.76. The Morgan fingerprint density at radius 2 is 1.57 bits per heavy atom. The molecule has 1 aromatic carbocycles. The van der Waals surface area contributed by atoms with Crippen LogP contribution >= 0.6 is 0 Å². The van der Waals surface area contributed by atoms with Crippen molar-refractivity contribution in [1.82, 2.24) is 9.80 Å². The maximum atomic E-state index is 12.0. The van der Waals surface area contributed by atoms with Gasteiger partial charge in [-0.1, -0.05) is 52.0 Å². The molecule has 116 valence electrons. The molecule has 1 amide bonds. The zero-order valence-electron chi connectivity index (χ0n) is 13.8. The zero-order valence-corrected chi connectivity index (χ0v) is 13.8. The number of benzene rings is 1. The van der Waals surface area contributed by atoms with Gasteiger partial charge in [-0.3, -0.25) is 9.69 Å². The summed E-state index contributed by atoms with van der Waals surface area (Å²) in [7, 11) is 0. The van der Waals surface area contributed by atoms with Gasteiger partial charge in [0.15, 0.2) is 0 Å². The topological polar surface area (TPSA) is 23.6 Å². The molecule has 1 aliphatic heterocycles. The first kappa shape index (κ1) is 16.0. The standard InChI is InChI=1S/C18H28N2O/c1-14(2)17-7-5-16(6-8-17)13-19-9-11-20(12-10-19)18(21)15(3)4/h5-8,14-15H,9-13H2,1-4H3. The zero-order chi connectivity index (χ0) is 15.4. The van der Waals surface area contributed by atoms with Crippen LogP contribution in [0.3, 0.4) is 0 Å². The molecule has 1 aliphatic rings. The third-order valence-electron chi connectivity index (χ3n) is 4.23. The van der Waals surface area contributed by atoms with Gasteiger partial charge in [0.25, 0.3) is 0 Å².